The molecule has 8 aromatic heterocycles. The van der Waals surface area contributed by atoms with Crippen LogP contribution in [0.4, 0.5) is 4.79 Å². The number of amides is 1. The molecule has 592 valence electrons. The summed E-state index contributed by atoms with van der Waals surface area (Å²) in [5.41, 5.74) is 29.8. The molecule has 4 aliphatic rings. The number of carbonyl (C=O) groups excluding carboxylic acids is 2. The minimum absolute atomic E-state index is 0.0347. The van der Waals surface area contributed by atoms with Crippen LogP contribution in [0.15, 0.2) is 177 Å². The van der Waals surface area contributed by atoms with E-state index in [2.05, 4.69) is 246 Å². The number of benzene rings is 4. The quantitative estimate of drug-likeness (QED) is 0.0539. The Morgan fingerprint density at radius 3 is 1.39 bits per heavy atom. The summed E-state index contributed by atoms with van der Waals surface area (Å²) in [4.78, 5) is 62.3. The number of carbonyl (C=O) groups is 3. The fraction of sp³-hybridized carbons (Fsp3) is 0.415. The zero-order chi connectivity index (χ0) is 79.8. The average Bonchev–Trinajstić information content (AvgIpc) is 1.61. The van der Waals surface area contributed by atoms with Crippen LogP contribution < -0.4 is 5.73 Å². The molecule has 16 rings (SSSR count). The first-order valence-electron chi connectivity index (χ1n) is 40.3. The van der Waals surface area contributed by atoms with Gasteiger partial charge in [0.2, 0.25) is 0 Å². The number of hydrogen-bond acceptors (Lipinski definition) is 13. The summed E-state index contributed by atoms with van der Waals surface area (Å²) in [7, 11) is 8.73. The number of carboxylic acid groups (broad SMARTS) is 1. The van der Waals surface area contributed by atoms with Crippen molar-refractivity contribution in [3.63, 3.8) is 0 Å². The maximum absolute atomic E-state index is 13.7. The molecule has 19 heteroatoms. The Balaban J connectivity index is 0.000000132. The summed E-state index contributed by atoms with van der Waals surface area (Å²) in [5.74, 6) is -0.135. The molecular weight excluding hydrogens is 1410 g/mol. The Labute approximate surface area is 666 Å². The molecule has 113 heavy (non-hydrogen) atoms. The van der Waals surface area contributed by atoms with Crippen LogP contribution in [-0.4, -0.2) is 142 Å². The smallest absolute Gasteiger partial charge is 0.405 e. The summed E-state index contributed by atoms with van der Waals surface area (Å²) in [6.07, 6.45) is 19.6. The Bertz CT molecular complexity index is 5290. The first kappa shape index (κ1) is 80.9. The summed E-state index contributed by atoms with van der Waals surface area (Å²) in [6, 6.07) is 44.3. The van der Waals surface area contributed by atoms with E-state index < -0.39 is 18.2 Å². The monoisotopic (exact) mass is 1520 g/mol. The molecule has 0 aliphatic carbocycles. The molecule has 4 aliphatic heterocycles. The highest BCUT2D eigenvalue weighted by Gasteiger charge is 2.35. The van der Waals surface area contributed by atoms with Gasteiger partial charge in [-0.2, -0.15) is 0 Å². The number of carboxylic acids is 1. The lowest BCUT2D eigenvalue weighted by atomic mass is 9.81. The topological polar surface area (TPSA) is 200 Å². The standard InChI is InChI=1S/C25H31N3O.C24H29N3O3.C24H31N3.C21H24N4O2/c1-17-6-7-21-19(14-17)20-16-27(5)13-10-22(20)28(21)23(15-25(2,3)4)24(29)18-8-11-26-12-9-18;1-17-5-6-21-19(14-17)20-15-26(2)12-9-22(20)27(21)16-23(18-7-10-25-11-8-18)30-13-3-4-24(28)29;1-24(2,3)14-19(18-8-7-12-25-15-18)16-27-22-10-6-5-9-20(22)21-17-26(4)13-11-23(21)27;1-14-3-4-18-16(11-14)17-12-24(2)10-7-19(17)25(18)13-20(27-21(22)26)15-5-8-23-9-6-15/h6-9,11-12,14,23H,10,13,15-16H2,1-5H3;5-8,10-11,14,23H,3-4,9,12-13,15-16H2,1-2H3,(H,28,29);5-10,12,15,19H,11,13-14,16-17H2,1-4H3;3-6,8-9,11,20H,7,10,12-13H2,1-2H3,(H2,22,26). The molecule has 0 spiro atoms. The van der Waals surface area contributed by atoms with Gasteiger partial charge in [-0.1, -0.05) is 101 Å². The molecule has 4 aromatic carbocycles. The van der Waals surface area contributed by atoms with Crippen molar-refractivity contribution in [2.45, 2.75) is 184 Å². The van der Waals surface area contributed by atoms with Gasteiger partial charge in [0, 0.05) is 225 Å². The number of nitrogens with zero attached hydrogens (tertiary/aromatic N) is 12. The number of ketones is 1. The van der Waals surface area contributed by atoms with Crippen LogP contribution in [0.25, 0.3) is 43.6 Å². The number of rotatable bonds is 20. The number of fused-ring (bicyclic) bond motifs is 12. The third-order valence-corrected chi connectivity index (χ3v) is 22.9. The van der Waals surface area contributed by atoms with Crippen LogP contribution in [-0.2, 0) is 85.8 Å². The van der Waals surface area contributed by atoms with Gasteiger partial charge in [0.05, 0.1) is 19.1 Å². The number of pyridine rings is 4. The second-order valence-corrected chi connectivity index (χ2v) is 34.4. The van der Waals surface area contributed by atoms with Crippen molar-refractivity contribution in [3.05, 3.63) is 261 Å². The molecule has 1 amide bonds. The lowest BCUT2D eigenvalue weighted by Crippen LogP contribution is -2.31. The third-order valence-electron chi connectivity index (χ3n) is 22.9. The van der Waals surface area contributed by atoms with E-state index in [4.69, 9.17) is 20.3 Å². The minimum atomic E-state index is -0.788. The van der Waals surface area contributed by atoms with E-state index in [1.54, 1.807) is 37.2 Å². The van der Waals surface area contributed by atoms with Crippen molar-refractivity contribution < 1.29 is 29.0 Å². The molecular formula is C94H115N13O6. The molecule has 4 unspecified atom stereocenters. The van der Waals surface area contributed by atoms with Gasteiger partial charge in [-0.15, -0.1) is 0 Å². The number of likely N-dealkylation sites (N-methyl/N-ethyl adjacent to an activating group) is 4. The highest BCUT2D eigenvalue weighted by atomic mass is 16.6. The Morgan fingerprint density at radius 1 is 0.469 bits per heavy atom. The van der Waals surface area contributed by atoms with Crippen LogP contribution in [0.5, 0.6) is 0 Å². The molecule has 12 aromatic rings. The van der Waals surface area contributed by atoms with E-state index in [1.165, 1.54) is 111 Å². The lowest BCUT2D eigenvalue weighted by Gasteiger charge is -2.31. The maximum Gasteiger partial charge on any atom is 0.405 e. The summed E-state index contributed by atoms with van der Waals surface area (Å²) >= 11 is 0. The minimum Gasteiger partial charge on any atom is -0.481 e. The number of nitrogens with two attached hydrogens (primary N) is 1. The van der Waals surface area contributed by atoms with E-state index >= 15 is 0 Å². The van der Waals surface area contributed by atoms with Crippen LogP contribution in [0, 0.1) is 31.6 Å². The fourth-order valence-electron chi connectivity index (χ4n) is 17.6. The van der Waals surface area contributed by atoms with Gasteiger partial charge < -0.3 is 58.2 Å². The largest absolute Gasteiger partial charge is 0.481 e. The van der Waals surface area contributed by atoms with Gasteiger partial charge in [0.1, 0.15) is 12.2 Å². The van der Waals surface area contributed by atoms with Gasteiger partial charge in [-0.05, 0) is 203 Å². The molecule has 4 atom stereocenters. The zero-order valence-electron chi connectivity index (χ0n) is 68.6. The Morgan fingerprint density at radius 2 is 0.903 bits per heavy atom. The van der Waals surface area contributed by atoms with Gasteiger partial charge >= 0.3 is 12.1 Å². The number of ether oxygens (including phenoxy) is 2. The highest BCUT2D eigenvalue weighted by Crippen LogP contribution is 2.42. The highest BCUT2D eigenvalue weighted by molar-refractivity contribution is 6.01. The second kappa shape index (κ2) is 35.5. The van der Waals surface area contributed by atoms with Crippen molar-refractivity contribution in [1.82, 2.24) is 57.8 Å². The molecule has 0 radical (unpaired) electrons. The molecule has 0 bridgehead atoms. The lowest BCUT2D eigenvalue weighted by molar-refractivity contribution is -0.137. The van der Waals surface area contributed by atoms with Crippen molar-refractivity contribution in [3.8, 4) is 0 Å². The van der Waals surface area contributed by atoms with Crippen LogP contribution >= 0.6 is 0 Å². The fourth-order valence-corrected chi connectivity index (χ4v) is 17.6. The average molecular weight is 1520 g/mol. The van der Waals surface area contributed by atoms with E-state index in [-0.39, 0.29) is 35.2 Å². The molecule has 0 saturated heterocycles. The Kier molecular flexibility index (Phi) is 25.4. The predicted octanol–water partition coefficient (Wildman–Crippen LogP) is 17.6. The molecule has 19 nitrogen and oxygen atoms in total. The Hall–Kier alpha value is -10.2. The van der Waals surface area contributed by atoms with Crippen LogP contribution in [0.1, 0.15) is 180 Å². The number of Topliss-reactive ketones (excluding diaryl/α,β-unsaturated/α-hetero) is 1. The number of para-hydroxylation sites is 1. The van der Waals surface area contributed by atoms with Gasteiger partial charge in [0.15, 0.2) is 5.78 Å². The third kappa shape index (κ3) is 19.4. The maximum atomic E-state index is 13.7. The van der Waals surface area contributed by atoms with Crippen LogP contribution in [0.3, 0.4) is 0 Å². The van der Waals surface area contributed by atoms with Crippen LogP contribution in [0.2, 0.25) is 0 Å². The summed E-state index contributed by atoms with van der Waals surface area (Å²) in [6.45, 7) is 30.9. The van der Waals surface area contributed by atoms with Gasteiger partial charge in [-0.3, -0.25) is 29.5 Å². The number of aromatic nitrogens is 8. The predicted molar refractivity (Wildman–Crippen MR) is 452 cm³/mol. The van der Waals surface area contributed by atoms with Crippen molar-refractivity contribution in [2.75, 3.05) is 61.0 Å². The number of aryl methyl sites for hydroxylation is 3. The van der Waals surface area contributed by atoms with Gasteiger partial charge in [-0.25, -0.2) is 4.79 Å². The molecule has 3 N–H and O–H groups in total. The van der Waals surface area contributed by atoms with Crippen molar-refractivity contribution in [2.24, 2.45) is 16.6 Å². The van der Waals surface area contributed by atoms with E-state index in [0.717, 1.165) is 114 Å². The van der Waals surface area contributed by atoms with E-state index in [1.807, 2.05) is 42.6 Å². The number of primary amides is 1. The van der Waals surface area contributed by atoms with Gasteiger partial charge in [0.25, 0.3) is 0 Å². The second-order valence-electron chi connectivity index (χ2n) is 34.4. The zero-order valence-corrected chi connectivity index (χ0v) is 68.6. The molecule has 12 heterocycles. The van der Waals surface area contributed by atoms with E-state index in [0.29, 0.717) is 32.0 Å². The summed E-state index contributed by atoms with van der Waals surface area (Å²) in [5, 5.41) is 14.3. The van der Waals surface area contributed by atoms with E-state index in [9.17, 15) is 14.4 Å². The first-order chi connectivity index (χ1) is 54.2. The van der Waals surface area contributed by atoms with Crippen molar-refractivity contribution in [1.29, 1.82) is 0 Å². The molecule has 0 fully saturated rings. The van der Waals surface area contributed by atoms with Crippen molar-refractivity contribution >= 4 is 61.5 Å². The first-order valence-corrected chi connectivity index (χ1v) is 40.3. The molecule has 0 saturated carbocycles. The number of aliphatic carboxylic acids is 1. The summed E-state index contributed by atoms with van der Waals surface area (Å²) < 4.78 is 21.4. The SMILES string of the molecule is CN1CCc2c(c3ccccc3n2CC(CC(C)(C)C)c2cccnc2)C1.Cc1ccc2c(c1)c1c(n2C(CC(C)(C)C)C(=O)c2ccncc2)CCN(C)C1.Cc1ccc2c(c1)c1c(n2CC(OC(N)=O)c2ccncc2)CCN(C)C1.Cc1ccc2c(c1)c1c(n2CC(OCCCC(=O)O)c2ccncc2)CCN(C)C1. The number of hydrogen-bond donors (Lipinski definition) is 2. The normalized spacial score (nSPS) is 15.8.